The van der Waals surface area contributed by atoms with Crippen LogP contribution in [0.15, 0.2) is 43.1 Å². The number of pyridine rings is 2. The molecule has 7 heteroatoms. The van der Waals surface area contributed by atoms with Crippen LogP contribution >= 0.6 is 0 Å². The molecule has 4 rings (SSSR count). The maximum atomic E-state index is 12.4. The van der Waals surface area contributed by atoms with E-state index in [1.807, 2.05) is 6.33 Å². The van der Waals surface area contributed by atoms with Gasteiger partial charge in [0.25, 0.3) is 5.91 Å². The molecular formula is C19H21N5O2. The van der Waals surface area contributed by atoms with Gasteiger partial charge in [-0.3, -0.25) is 9.78 Å². The van der Waals surface area contributed by atoms with Crippen molar-refractivity contribution in [2.75, 3.05) is 6.54 Å². The molecule has 3 aromatic rings. The van der Waals surface area contributed by atoms with E-state index in [9.17, 15) is 9.90 Å². The highest BCUT2D eigenvalue weighted by atomic mass is 16.3. The molecule has 0 aliphatic heterocycles. The third-order valence-corrected chi connectivity index (χ3v) is 4.92. The minimum absolute atomic E-state index is 0.110. The lowest BCUT2D eigenvalue weighted by Gasteiger charge is -2.12. The largest absolute Gasteiger partial charge is 0.387 e. The van der Waals surface area contributed by atoms with Crippen LogP contribution in [0.25, 0.3) is 11.2 Å². The number of nitrogens with one attached hydrogen (secondary N) is 1. The summed E-state index contributed by atoms with van der Waals surface area (Å²) in [5.41, 5.74) is 2.64. The van der Waals surface area contributed by atoms with E-state index in [4.69, 9.17) is 0 Å². The number of amides is 1. The van der Waals surface area contributed by atoms with Gasteiger partial charge in [-0.25, -0.2) is 9.97 Å². The number of nitrogens with zero attached hydrogens (tertiary/aromatic N) is 4. The molecule has 1 saturated carbocycles. The van der Waals surface area contributed by atoms with Crippen molar-refractivity contribution in [2.45, 2.75) is 37.8 Å². The number of aliphatic hydroxyl groups is 1. The van der Waals surface area contributed by atoms with E-state index >= 15 is 0 Å². The van der Waals surface area contributed by atoms with Gasteiger partial charge in [-0.2, -0.15) is 0 Å². The molecule has 1 amide bonds. The van der Waals surface area contributed by atoms with E-state index in [1.54, 1.807) is 36.8 Å². The Labute approximate surface area is 151 Å². The Hall–Kier alpha value is -2.80. The second-order valence-electron chi connectivity index (χ2n) is 6.67. The minimum atomic E-state index is -0.800. The molecule has 0 spiro atoms. The predicted molar refractivity (Wildman–Crippen MR) is 96.6 cm³/mol. The first kappa shape index (κ1) is 16.7. The van der Waals surface area contributed by atoms with Gasteiger partial charge in [0.1, 0.15) is 5.52 Å². The zero-order valence-corrected chi connectivity index (χ0v) is 14.4. The molecular weight excluding hydrogens is 330 g/mol. The first-order valence-electron chi connectivity index (χ1n) is 8.91. The fourth-order valence-electron chi connectivity index (χ4n) is 3.48. The number of imidazole rings is 1. The third kappa shape index (κ3) is 3.30. The van der Waals surface area contributed by atoms with Crippen LogP contribution in [0.3, 0.4) is 0 Å². The van der Waals surface area contributed by atoms with Gasteiger partial charge in [-0.15, -0.1) is 0 Å². The van der Waals surface area contributed by atoms with Crippen LogP contribution in [0.2, 0.25) is 0 Å². The Morgan fingerprint density at radius 3 is 2.92 bits per heavy atom. The molecule has 0 saturated heterocycles. The Morgan fingerprint density at radius 1 is 1.31 bits per heavy atom. The molecule has 3 aromatic heterocycles. The van der Waals surface area contributed by atoms with Crippen molar-refractivity contribution in [2.24, 2.45) is 0 Å². The van der Waals surface area contributed by atoms with E-state index in [-0.39, 0.29) is 12.5 Å². The van der Waals surface area contributed by atoms with Crippen molar-refractivity contribution in [3.05, 3.63) is 54.2 Å². The summed E-state index contributed by atoms with van der Waals surface area (Å²) in [6, 6.07) is 5.73. The Morgan fingerprint density at radius 2 is 2.15 bits per heavy atom. The van der Waals surface area contributed by atoms with Crippen LogP contribution in [0.1, 0.15) is 53.8 Å². The lowest BCUT2D eigenvalue weighted by molar-refractivity contribution is 0.0916. The second-order valence-corrected chi connectivity index (χ2v) is 6.67. The minimum Gasteiger partial charge on any atom is -0.387 e. The second kappa shape index (κ2) is 7.21. The molecule has 1 aliphatic rings. The molecule has 1 unspecified atom stereocenters. The van der Waals surface area contributed by atoms with Crippen molar-refractivity contribution in [1.29, 1.82) is 0 Å². The number of carbonyl (C=O) groups excluding carboxylic acids is 1. The highest BCUT2D eigenvalue weighted by Crippen LogP contribution is 2.31. The number of aliphatic hydroxyl groups excluding tert-OH is 1. The number of carbonyl (C=O) groups is 1. The number of rotatable bonds is 5. The van der Waals surface area contributed by atoms with Gasteiger partial charge in [0.15, 0.2) is 5.65 Å². The average Bonchev–Trinajstić information content (AvgIpc) is 3.35. The van der Waals surface area contributed by atoms with Crippen LogP contribution < -0.4 is 5.32 Å². The fourth-order valence-corrected chi connectivity index (χ4v) is 3.48. The van der Waals surface area contributed by atoms with E-state index in [2.05, 4.69) is 24.8 Å². The number of hydrogen-bond acceptors (Lipinski definition) is 5. The van der Waals surface area contributed by atoms with Gasteiger partial charge >= 0.3 is 0 Å². The topological polar surface area (TPSA) is 92.9 Å². The number of hydrogen-bond donors (Lipinski definition) is 2. The zero-order valence-electron chi connectivity index (χ0n) is 14.4. The van der Waals surface area contributed by atoms with E-state index in [0.29, 0.717) is 17.2 Å². The summed E-state index contributed by atoms with van der Waals surface area (Å²) in [6.07, 6.45) is 10.6. The van der Waals surface area contributed by atoms with Crippen LogP contribution in [-0.4, -0.2) is 37.1 Å². The molecule has 0 radical (unpaired) electrons. The van der Waals surface area contributed by atoms with Crippen molar-refractivity contribution < 1.29 is 9.90 Å². The molecule has 0 bridgehead atoms. The van der Waals surface area contributed by atoms with Gasteiger partial charge in [0.05, 0.1) is 18.0 Å². The maximum absolute atomic E-state index is 12.4. The van der Waals surface area contributed by atoms with Crippen molar-refractivity contribution >= 4 is 17.1 Å². The molecule has 1 atom stereocenters. The van der Waals surface area contributed by atoms with E-state index in [0.717, 1.165) is 24.0 Å². The summed E-state index contributed by atoms with van der Waals surface area (Å²) < 4.78 is 2.12. The highest BCUT2D eigenvalue weighted by molar-refractivity contribution is 5.96. The molecule has 0 aromatic carbocycles. The number of fused-ring (bicyclic) bond motifs is 1. The van der Waals surface area contributed by atoms with Crippen LogP contribution in [-0.2, 0) is 0 Å². The van der Waals surface area contributed by atoms with Crippen molar-refractivity contribution in [3.63, 3.8) is 0 Å². The monoisotopic (exact) mass is 351 g/mol. The Balaban J connectivity index is 1.45. The summed E-state index contributed by atoms with van der Waals surface area (Å²) >= 11 is 0. The molecule has 1 fully saturated rings. The van der Waals surface area contributed by atoms with Crippen LogP contribution in [0, 0.1) is 0 Å². The lowest BCUT2D eigenvalue weighted by atomic mass is 10.1. The summed E-state index contributed by atoms with van der Waals surface area (Å²) in [5.74, 6) is -0.280. The average molecular weight is 351 g/mol. The highest BCUT2D eigenvalue weighted by Gasteiger charge is 2.20. The van der Waals surface area contributed by atoms with Gasteiger partial charge < -0.3 is 15.0 Å². The molecule has 3 heterocycles. The quantitative estimate of drug-likeness (QED) is 0.736. The Bertz CT molecular complexity index is 903. The maximum Gasteiger partial charge on any atom is 0.253 e. The predicted octanol–water partition coefficient (Wildman–Crippen LogP) is 2.40. The first-order valence-corrected chi connectivity index (χ1v) is 8.91. The first-order chi connectivity index (χ1) is 12.7. The standard InChI is InChI=1S/C19H21N5O2/c25-17(13-4-3-7-20-9-13)11-22-19(26)14-8-16-18(21-10-14)24(12-23-16)15-5-1-2-6-15/h3-4,7-10,12,15,17,25H,1-2,5-6,11H2,(H,22,26). The van der Waals surface area contributed by atoms with E-state index < -0.39 is 6.10 Å². The third-order valence-electron chi connectivity index (χ3n) is 4.92. The normalized spacial score (nSPS) is 16.0. The smallest absolute Gasteiger partial charge is 0.253 e. The Kier molecular flexibility index (Phi) is 4.62. The summed E-state index contributed by atoms with van der Waals surface area (Å²) in [6.45, 7) is 0.110. The van der Waals surface area contributed by atoms with E-state index in [1.165, 1.54) is 12.8 Å². The van der Waals surface area contributed by atoms with Crippen molar-refractivity contribution in [1.82, 2.24) is 24.8 Å². The molecule has 1 aliphatic carbocycles. The SMILES string of the molecule is O=C(NCC(O)c1cccnc1)c1cnc2c(c1)ncn2C1CCCC1. The van der Waals surface area contributed by atoms with Gasteiger partial charge in [-0.05, 0) is 25.0 Å². The van der Waals surface area contributed by atoms with Gasteiger partial charge in [0.2, 0.25) is 0 Å². The fraction of sp³-hybridized carbons (Fsp3) is 0.368. The van der Waals surface area contributed by atoms with Crippen LogP contribution in [0.4, 0.5) is 0 Å². The van der Waals surface area contributed by atoms with Gasteiger partial charge in [0, 0.05) is 36.7 Å². The molecule has 26 heavy (non-hydrogen) atoms. The zero-order chi connectivity index (χ0) is 17.9. The molecule has 7 nitrogen and oxygen atoms in total. The number of aromatic nitrogens is 4. The molecule has 2 N–H and O–H groups in total. The summed E-state index contributed by atoms with van der Waals surface area (Å²) in [5, 5.41) is 12.9. The van der Waals surface area contributed by atoms with Crippen LogP contribution in [0.5, 0.6) is 0 Å². The summed E-state index contributed by atoms with van der Waals surface area (Å²) in [7, 11) is 0. The van der Waals surface area contributed by atoms with Gasteiger partial charge in [-0.1, -0.05) is 18.9 Å². The molecule has 134 valence electrons. The lowest BCUT2D eigenvalue weighted by Crippen LogP contribution is -2.28. The van der Waals surface area contributed by atoms with Crippen molar-refractivity contribution in [3.8, 4) is 0 Å². The summed E-state index contributed by atoms with van der Waals surface area (Å²) in [4.78, 5) is 25.2.